The smallest absolute Gasteiger partial charge is 0.00831 e. The van der Waals surface area contributed by atoms with Crippen molar-refractivity contribution in [2.75, 3.05) is 0 Å². The second-order valence-corrected chi connectivity index (χ2v) is 2.21. The summed E-state index contributed by atoms with van der Waals surface area (Å²) in [6, 6.07) is 7.91. The van der Waals surface area contributed by atoms with Crippen LogP contribution in [0.15, 0.2) is 37.0 Å². The number of nitrogens with one attached hydrogen (secondary N) is 1. The Morgan fingerprint density at radius 2 is 2.00 bits per heavy atom. The first-order chi connectivity index (χ1) is 5.34. The minimum atomic E-state index is 1.02. The zero-order valence-electron chi connectivity index (χ0n) is 6.38. The summed E-state index contributed by atoms with van der Waals surface area (Å²) in [5.41, 5.74) is 0. The first-order valence-electron chi connectivity index (χ1n) is 3.46. The van der Waals surface area contributed by atoms with Crippen molar-refractivity contribution in [3.8, 4) is 0 Å². The summed E-state index contributed by atoms with van der Waals surface area (Å²) in [5.74, 6) is 0. The van der Waals surface area contributed by atoms with Gasteiger partial charge in [0.25, 0.3) is 0 Å². The molecule has 0 saturated heterocycles. The Morgan fingerprint density at radius 3 is 2.64 bits per heavy atom. The highest BCUT2D eigenvalue weighted by Gasteiger charge is 1.77. The first kappa shape index (κ1) is 7.61. The standard InChI is InChI=1S/C10H11N/c1-3-11-8-10-7-5-4-6-9(10)2/h3-8,11H,1-2H2/b10-8-. The van der Waals surface area contributed by atoms with E-state index in [2.05, 4.69) is 18.5 Å². The van der Waals surface area contributed by atoms with Gasteiger partial charge in [-0.15, -0.1) is 0 Å². The maximum Gasteiger partial charge on any atom is 0.00831 e. The predicted octanol–water partition coefficient (Wildman–Crippen LogP) is 0.568. The van der Waals surface area contributed by atoms with Crippen molar-refractivity contribution >= 4 is 12.8 Å². The first-order valence-corrected chi connectivity index (χ1v) is 3.46. The van der Waals surface area contributed by atoms with Crippen LogP contribution in [0.5, 0.6) is 0 Å². The zero-order valence-corrected chi connectivity index (χ0v) is 6.38. The third kappa shape index (κ3) is 1.97. The minimum Gasteiger partial charge on any atom is -0.368 e. The molecule has 0 spiro atoms. The molecule has 11 heavy (non-hydrogen) atoms. The van der Waals surface area contributed by atoms with Crippen LogP contribution in [0.25, 0.3) is 12.8 Å². The summed E-state index contributed by atoms with van der Waals surface area (Å²) in [6.07, 6.45) is 3.50. The van der Waals surface area contributed by atoms with Crippen molar-refractivity contribution in [1.82, 2.24) is 5.32 Å². The molecule has 0 aromatic heterocycles. The van der Waals surface area contributed by atoms with Crippen molar-refractivity contribution in [3.63, 3.8) is 0 Å². The second-order valence-electron chi connectivity index (χ2n) is 2.21. The monoisotopic (exact) mass is 145 g/mol. The van der Waals surface area contributed by atoms with Gasteiger partial charge in [-0.25, -0.2) is 0 Å². The highest BCUT2D eigenvalue weighted by Crippen LogP contribution is 1.68. The van der Waals surface area contributed by atoms with Crippen LogP contribution in [0.2, 0.25) is 0 Å². The number of benzene rings is 1. The van der Waals surface area contributed by atoms with E-state index in [4.69, 9.17) is 0 Å². The average Bonchev–Trinajstić information content (AvgIpc) is 2.03. The normalized spacial score (nSPS) is 11.1. The molecule has 1 nitrogen and oxygen atoms in total. The quantitative estimate of drug-likeness (QED) is 0.641. The molecule has 1 aromatic rings. The van der Waals surface area contributed by atoms with Crippen LogP contribution >= 0.6 is 0 Å². The molecule has 0 radical (unpaired) electrons. The van der Waals surface area contributed by atoms with Gasteiger partial charge < -0.3 is 5.32 Å². The van der Waals surface area contributed by atoms with Gasteiger partial charge in [0.05, 0.1) is 0 Å². The SMILES string of the molecule is C=CN/C=c1/ccccc1=C. The lowest BCUT2D eigenvalue weighted by atomic mass is 10.2. The van der Waals surface area contributed by atoms with Gasteiger partial charge in [-0.3, -0.25) is 0 Å². The number of rotatable bonds is 2. The summed E-state index contributed by atoms with van der Waals surface area (Å²) < 4.78 is 0. The van der Waals surface area contributed by atoms with Crippen LogP contribution in [0.3, 0.4) is 0 Å². The Morgan fingerprint density at radius 1 is 1.27 bits per heavy atom. The molecule has 0 aliphatic rings. The van der Waals surface area contributed by atoms with Gasteiger partial charge in [0, 0.05) is 6.20 Å². The van der Waals surface area contributed by atoms with Crippen LogP contribution in [-0.2, 0) is 0 Å². The van der Waals surface area contributed by atoms with Gasteiger partial charge in [-0.2, -0.15) is 0 Å². The molecule has 1 aromatic carbocycles. The largest absolute Gasteiger partial charge is 0.368 e. The van der Waals surface area contributed by atoms with E-state index in [9.17, 15) is 0 Å². The molecule has 0 atom stereocenters. The Kier molecular flexibility index (Phi) is 2.50. The summed E-state index contributed by atoms with van der Waals surface area (Å²) in [4.78, 5) is 0. The summed E-state index contributed by atoms with van der Waals surface area (Å²) >= 11 is 0. The molecule has 56 valence electrons. The van der Waals surface area contributed by atoms with E-state index < -0.39 is 0 Å². The Balaban J connectivity index is 3.13. The lowest BCUT2D eigenvalue weighted by molar-refractivity contribution is 1.27. The summed E-state index contributed by atoms with van der Waals surface area (Å²) in [5, 5.41) is 5.01. The van der Waals surface area contributed by atoms with Crippen LogP contribution in [-0.4, -0.2) is 0 Å². The van der Waals surface area contributed by atoms with Crippen molar-refractivity contribution in [1.29, 1.82) is 0 Å². The van der Waals surface area contributed by atoms with E-state index in [0.29, 0.717) is 0 Å². The van der Waals surface area contributed by atoms with E-state index in [0.717, 1.165) is 10.4 Å². The molecule has 0 aliphatic carbocycles. The van der Waals surface area contributed by atoms with Crippen LogP contribution in [0, 0.1) is 0 Å². The van der Waals surface area contributed by atoms with Crippen molar-refractivity contribution < 1.29 is 0 Å². The van der Waals surface area contributed by atoms with E-state index in [1.54, 1.807) is 6.20 Å². The van der Waals surface area contributed by atoms with Crippen LogP contribution < -0.4 is 15.8 Å². The maximum atomic E-state index is 3.87. The topological polar surface area (TPSA) is 12.0 Å². The summed E-state index contributed by atoms with van der Waals surface area (Å²) in [7, 11) is 0. The Hall–Kier alpha value is -1.50. The van der Waals surface area contributed by atoms with Gasteiger partial charge in [0.1, 0.15) is 0 Å². The van der Waals surface area contributed by atoms with E-state index in [-0.39, 0.29) is 0 Å². The van der Waals surface area contributed by atoms with E-state index in [1.807, 2.05) is 30.5 Å². The molecule has 0 amide bonds. The molecule has 1 N–H and O–H groups in total. The fourth-order valence-corrected chi connectivity index (χ4v) is 0.824. The molecule has 0 fully saturated rings. The molecular formula is C10H11N. The molecule has 1 heteroatoms. The fraction of sp³-hybridized carbons (Fsp3) is 0. The molecular weight excluding hydrogens is 134 g/mol. The lowest BCUT2D eigenvalue weighted by Gasteiger charge is -1.88. The third-order valence-electron chi connectivity index (χ3n) is 1.41. The predicted molar refractivity (Wildman–Crippen MR) is 49.0 cm³/mol. The van der Waals surface area contributed by atoms with Gasteiger partial charge in [-0.1, -0.05) is 37.4 Å². The fourth-order valence-electron chi connectivity index (χ4n) is 0.824. The lowest BCUT2D eigenvalue weighted by Crippen LogP contribution is -2.23. The minimum absolute atomic E-state index is 1.02. The number of hydrogen-bond donors (Lipinski definition) is 1. The second kappa shape index (κ2) is 3.62. The molecule has 1 rings (SSSR count). The molecule has 0 saturated carbocycles. The Bertz CT molecular complexity index is 338. The van der Waals surface area contributed by atoms with Crippen LogP contribution in [0.4, 0.5) is 0 Å². The van der Waals surface area contributed by atoms with Gasteiger partial charge >= 0.3 is 0 Å². The molecule has 0 bridgehead atoms. The number of hydrogen-bond acceptors (Lipinski definition) is 1. The van der Waals surface area contributed by atoms with E-state index in [1.165, 1.54) is 0 Å². The molecule has 0 aliphatic heterocycles. The Labute approximate surface area is 66.4 Å². The van der Waals surface area contributed by atoms with Crippen LogP contribution in [0.1, 0.15) is 0 Å². The van der Waals surface area contributed by atoms with E-state index >= 15 is 0 Å². The highest BCUT2D eigenvalue weighted by atomic mass is 14.8. The van der Waals surface area contributed by atoms with Crippen molar-refractivity contribution in [2.24, 2.45) is 0 Å². The van der Waals surface area contributed by atoms with Crippen molar-refractivity contribution in [3.05, 3.63) is 47.5 Å². The van der Waals surface area contributed by atoms with Gasteiger partial charge in [0.2, 0.25) is 0 Å². The zero-order chi connectivity index (χ0) is 8.10. The highest BCUT2D eigenvalue weighted by molar-refractivity contribution is 5.25. The van der Waals surface area contributed by atoms with Gasteiger partial charge in [0.15, 0.2) is 0 Å². The molecule has 0 heterocycles. The average molecular weight is 145 g/mol. The molecule has 0 unspecified atom stereocenters. The summed E-state index contributed by atoms with van der Waals surface area (Å²) in [6.45, 7) is 7.41. The third-order valence-corrected chi connectivity index (χ3v) is 1.41. The maximum absolute atomic E-state index is 3.87. The van der Waals surface area contributed by atoms with Crippen molar-refractivity contribution in [2.45, 2.75) is 0 Å². The van der Waals surface area contributed by atoms with Gasteiger partial charge in [-0.05, 0) is 16.6 Å².